The highest BCUT2D eigenvalue weighted by Crippen LogP contribution is 2.21. The summed E-state index contributed by atoms with van der Waals surface area (Å²) in [5.74, 6) is 0. The van der Waals surface area contributed by atoms with E-state index < -0.39 is 0 Å². The van der Waals surface area contributed by atoms with E-state index in [2.05, 4.69) is 36.7 Å². The smallest absolute Gasteiger partial charge is 0.0445 e. The Balaban J connectivity index is 3.00. The van der Waals surface area contributed by atoms with Gasteiger partial charge in [-0.15, -0.1) is 0 Å². The number of aromatic nitrogens is 1. The Morgan fingerprint density at radius 1 is 1.47 bits per heavy atom. The molecule has 0 radical (unpaired) electrons. The van der Waals surface area contributed by atoms with Crippen molar-refractivity contribution in [1.82, 2.24) is 4.98 Å². The van der Waals surface area contributed by atoms with Gasteiger partial charge in [0.15, 0.2) is 0 Å². The van der Waals surface area contributed by atoms with Gasteiger partial charge in [0, 0.05) is 42.8 Å². The van der Waals surface area contributed by atoms with Crippen LogP contribution in [-0.2, 0) is 6.54 Å². The highest BCUT2D eigenvalue weighted by atomic mass is 15.2. The SMILES string of the molecule is CCC(C)N(CC)c1ccncc1CN. The van der Waals surface area contributed by atoms with Crippen molar-refractivity contribution >= 4 is 5.69 Å². The first-order valence-corrected chi connectivity index (χ1v) is 5.64. The normalized spacial score (nSPS) is 12.5. The summed E-state index contributed by atoms with van der Waals surface area (Å²) in [4.78, 5) is 6.49. The molecule has 0 saturated carbocycles. The van der Waals surface area contributed by atoms with Gasteiger partial charge in [-0.25, -0.2) is 0 Å². The Hall–Kier alpha value is -1.09. The predicted molar refractivity (Wildman–Crippen MR) is 64.9 cm³/mol. The summed E-state index contributed by atoms with van der Waals surface area (Å²) in [7, 11) is 0. The number of nitrogens with zero attached hydrogens (tertiary/aromatic N) is 2. The second kappa shape index (κ2) is 5.71. The van der Waals surface area contributed by atoms with Gasteiger partial charge >= 0.3 is 0 Å². The van der Waals surface area contributed by atoms with E-state index in [0.717, 1.165) is 18.5 Å². The maximum Gasteiger partial charge on any atom is 0.0445 e. The van der Waals surface area contributed by atoms with Crippen LogP contribution < -0.4 is 10.6 Å². The van der Waals surface area contributed by atoms with E-state index in [9.17, 15) is 0 Å². The maximum absolute atomic E-state index is 5.72. The van der Waals surface area contributed by atoms with E-state index in [1.54, 1.807) is 0 Å². The monoisotopic (exact) mass is 207 g/mol. The topological polar surface area (TPSA) is 42.2 Å². The first-order chi connectivity index (χ1) is 7.24. The Labute approximate surface area is 92.3 Å². The van der Waals surface area contributed by atoms with Crippen LogP contribution in [0.5, 0.6) is 0 Å². The summed E-state index contributed by atoms with van der Waals surface area (Å²) in [5, 5.41) is 0. The largest absolute Gasteiger partial charge is 0.369 e. The molecule has 0 aromatic carbocycles. The molecule has 0 fully saturated rings. The minimum Gasteiger partial charge on any atom is -0.369 e. The Bertz CT molecular complexity index is 299. The van der Waals surface area contributed by atoms with Crippen molar-refractivity contribution < 1.29 is 0 Å². The highest BCUT2D eigenvalue weighted by Gasteiger charge is 2.13. The number of anilines is 1. The first kappa shape index (κ1) is 12.0. The van der Waals surface area contributed by atoms with Gasteiger partial charge in [-0.3, -0.25) is 4.98 Å². The fourth-order valence-electron chi connectivity index (χ4n) is 1.80. The van der Waals surface area contributed by atoms with E-state index in [1.807, 2.05) is 12.4 Å². The van der Waals surface area contributed by atoms with E-state index in [0.29, 0.717) is 12.6 Å². The molecule has 1 aromatic heterocycles. The lowest BCUT2D eigenvalue weighted by molar-refractivity contribution is 0.627. The van der Waals surface area contributed by atoms with Gasteiger partial charge in [0.25, 0.3) is 0 Å². The lowest BCUT2D eigenvalue weighted by atomic mass is 10.1. The van der Waals surface area contributed by atoms with Crippen molar-refractivity contribution in [2.45, 2.75) is 39.8 Å². The average molecular weight is 207 g/mol. The zero-order valence-corrected chi connectivity index (χ0v) is 9.90. The average Bonchev–Trinajstić information content (AvgIpc) is 2.30. The molecule has 0 aliphatic rings. The van der Waals surface area contributed by atoms with Crippen LogP contribution in [0.2, 0.25) is 0 Å². The molecule has 0 aliphatic heterocycles. The second-order valence-corrected chi connectivity index (χ2v) is 3.75. The maximum atomic E-state index is 5.72. The molecule has 15 heavy (non-hydrogen) atoms. The second-order valence-electron chi connectivity index (χ2n) is 3.75. The Kier molecular flexibility index (Phi) is 4.56. The van der Waals surface area contributed by atoms with Gasteiger partial charge in [-0.05, 0) is 26.3 Å². The molecule has 3 heteroatoms. The van der Waals surface area contributed by atoms with E-state index in [4.69, 9.17) is 5.73 Å². The van der Waals surface area contributed by atoms with Gasteiger partial charge in [0.05, 0.1) is 0 Å². The fourth-order valence-corrected chi connectivity index (χ4v) is 1.80. The highest BCUT2D eigenvalue weighted by molar-refractivity contribution is 5.52. The molecule has 1 atom stereocenters. The number of nitrogens with two attached hydrogens (primary N) is 1. The molecule has 2 N–H and O–H groups in total. The van der Waals surface area contributed by atoms with Gasteiger partial charge in [-0.2, -0.15) is 0 Å². The Morgan fingerprint density at radius 3 is 2.73 bits per heavy atom. The third-order valence-corrected chi connectivity index (χ3v) is 2.87. The zero-order chi connectivity index (χ0) is 11.3. The van der Waals surface area contributed by atoms with Gasteiger partial charge in [0.1, 0.15) is 0 Å². The number of pyridine rings is 1. The molecule has 0 aliphatic carbocycles. The lowest BCUT2D eigenvalue weighted by Gasteiger charge is -2.31. The third kappa shape index (κ3) is 2.69. The molecule has 84 valence electrons. The summed E-state index contributed by atoms with van der Waals surface area (Å²) in [5.41, 5.74) is 8.07. The van der Waals surface area contributed by atoms with Gasteiger partial charge in [-0.1, -0.05) is 6.92 Å². The molecular formula is C12H21N3. The number of rotatable bonds is 5. The van der Waals surface area contributed by atoms with Crippen molar-refractivity contribution in [3.8, 4) is 0 Å². The van der Waals surface area contributed by atoms with Crippen LogP contribution in [0.25, 0.3) is 0 Å². The number of hydrogen-bond donors (Lipinski definition) is 1. The quantitative estimate of drug-likeness (QED) is 0.804. The molecule has 1 aromatic rings. The van der Waals surface area contributed by atoms with Crippen LogP contribution in [0, 0.1) is 0 Å². The summed E-state index contributed by atoms with van der Waals surface area (Å²) in [6.45, 7) is 8.18. The van der Waals surface area contributed by atoms with Crippen molar-refractivity contribution in [1.29, 1.82) is 0 Å². The summed E-state index contributed by atoms with van der Waals surface area (Å²) in [6.07, 6.45) is 4.83. The van der Waals surface area contributed by atoms with E-state index >= 15 is 0 Å². The van der Waals surface area contributed by atoms with E-state index in [-0.39, 0.29) is 0 Å². The number of hydrogen-bond acceptors (Lipinski definition) is 3. The minimum absolute atomic E-state index is 0.544. The summed E-state index contributed by atoms with van der Waals surface area (Å²) < 4.78 is 0. The molecule has 1 rings (SSSR count). The summed E-state index contributed by atoms with van der Waals surface area (Å²) >= 11 is 0. The molecule has 0 bridgehead atoms. The predicted octanol–water partition coefficient (Wildman–Crippen LogP) is 2.17. The van der Waals surface area contributed by atoms with Crippen LogP contribution in [-0.4, -0.2) is 17.6 Å². The van der Waals surface area contributed by atoms with Crippen molar-refractivity contribution in [2.75, 3.05) is 11.4 Å². The summed E-state index contributed by atoms with van der Waals surface area (Å²) in [6, 6.07) is 2.60. The zero-order valence-electron chi connectivity index (χ0n) is 9.90. The van der Waals surface area contributed by atoms with Crippen molar-refractivity contribution in [3.63, 3.8) is 0 Å². The van der Waals surface area contributed by atoms with Crippen LogP contribution >= 0.6 is 0 Å². The van der Waals surface area contributed by atoms with E-state index in [1.165, 1.54) is 5.69 Å². The Morgan fingerprint density at radius 2 is 2.20 bits per heavy atom. The molecule has 0 spiro atoms. The van der Waals surface area contributed by atoms with Crippen LogP contribution in [0.4, 0.5) is 5.69 Å². The van der Waals surface area contributed by atoms with Gasteiger partial charge < -0.3 is 10.6 Å². The molecule has 1 heterocycles. The van der Waals surface area contributed by atoms with Crippen molar-refractivity contribution in [3.05, 3.63) is 24.0 Å². The molecular weight excluding hydrogens is 186 g/mol. The van der Waals surface area contributed by atoms with Crippen LogP contribution in [0.3, 0.4) is 0 Å². The molecule has 1 unspecified atom stereocenters. The van der Waals surface area contributed by atoms with Crippen LogP contribution in [0.1, 0.15) is 32.8 Å². The molecule has 0 amide bonds. The third-order valence-electron chi connectivity index (χ3n) is 2.87. The minimum atomic E-state index is 0.544. The van der Waals surface area contributed by atoms with Crippen LogP contribution in [0.15, 0.2) is 18.5 Å². The molecule has 0 saturated heterocycles. The fraction of sp³-hybridized carbons (Fsp3) is 0.583. The first-order valence-electron chi connectivity index (χ1n) is 5.64. The lowest BCUT2D eigenvalue weighted by Crippen LogP contribution is -2.33. The van der Waals surface area contributed by atoms with Crippen molar-refractivity contribution in [2.24, 2.45) is 5.73 Å². The van der Waals surface area contributed by atoms with Gasteiger partial charge in [0.2, 0.25) is 0 Å². The standard InChI is InChI=1S/C12H21N3/c1-4-10(3)15(5-2)12-6-7-14-9-11(12)8-13/h6-7,9-10H,4-5,8,13H2,1-3H3. The molecule has 3 nitrogen and oxygen atoms in total.